The van der Waals surface area contributed by atoms with Gasteiger partial charge >= 0.3 is 24.3 Å². The van der Waals surface area contributed by atoms with Crippen molar-refractivity contribution in [2.24, 2.45) is 0 Å². The van der Waals surface area contributed by atoms with E-state index in [9.17, 15) is 46.3 Å². The van der Waals surface area contributed by atoms with Crippen LogP contribution in [0.2, 0.25) is 0 Å². The van der Waals surface area contributed by atoms with Gasteiger partial charge in [0.1, 0.15) is 29.9 Å². The van der Waals surface area contributed by atoms with Crippen LogP contribution < -0.4 is 14.7 Å². The monoisotopic (exact) mass is 1380 g/mol. The molecule has 7 amide bonds. The van der Waals surface area contributed by atoms with E-state index in [0.29, 0.717) is 89.4 Å². The van der Waals surface area contributed by atoms with Crippen molar-refractivity contribution in [1.29, 1.82) is 0 Å². The van der Waals surface area contributed by atoms with Gasteiger partial charge in [-0.15, -0.1) is 0 Å². The molecule has 99 heavy (non-hydrogen) atoms. The maximum Gasteiger partial charge on any atom is 0.409 e. The highest BCUT2D eigenvalue weighted by molar-refractivity contribution is 6.08. The Hall–Kier alpha value is -7.54. The summed E-state index contributed by atoms with van der Waals surface area (Å²) in [6, 6.07) is 21.4. The highest BCUT2D eigenvalue weighted by Crippen LogP contribution is 2.51. The maximum absolute atomic E-state index is 14.4. The average molecular weight is 1380 g/mol. The maximum atomic E-state index is 14.4. The van der Waals surface area contributed by atoms with E-state index in [1.54, 1.807) is 101 Å². The number of piperidine rings is 5. The fraction of sp³-hybridized carbons (Fsp3) is 0.600. The minimum atomic E-state index is -0.550. The average Bonchev–Trinajstić information content (AvgIpc) is 1.61. The van der Waals surface area contributed by atoms with E-state index >= 15 is 0 Å². The quantitative estimate of drug-likeness (QED) is 0.0835. The van der Waals surface area contributed by atoms with Crippen molar-refractivity contribution in [1.82, 2.24) is 34.3 Å². The molecule has 4 aromatic carbocycles. The number of hydrogen-bond acceptors (Lipinski definition) is 13. The summed E-state index contributed by atoms with van der Waals surface area (Å²) in [5.74, 6) is -1.72. The standard InChI is InChI=1S/C27H31F2N3O3.C24H35FN4O4.C24H34FN3O3/c1-2-35-26(34)31-13-9-20(10-14-31)30-15-11-27(12-16-30)18-32(24-8-7-19(28)17-22(24)27)25(33)21-5-3-4-6-23(21)29;1-26(2)22(30)29-17-24(20-16-18(25)4-5-21(20)29)8-12-27(13-9-24)19-6-10-28(11-7-19)23(31)33-15-14-32-3;1-3-15-31-23(30)27-11-4-5-20(8-12-27)26-13-9-24(10-14-26)17-28(18(2)29)22-7-6-19(25)16-21(22)24/h3-8,17,20H,2,9-16,18H2,1H3;4-5,16,19H,6-15,17H2,1-3H3;6-7,16,20H,3-5,8-15,17H2,1-2H3. The van der Waals surface area contributed by atoms with E-state index in [4.69, 9.17) is 18.9 Å². The molecule has 0 N–H and O–H groups in total. The Labute approximate surface area is 580 Å². The Morgan fingerprint density at radius 1 is 0.475 bits per heavy atom. The zero-order chi connectivity index (χ0) is 70.2. The molecule has 13 rings (SSSR count). The van der Waals surface area contributed by atoms with Crippen LogP contribution >= 0.6 is 0 Å². The first-order valence-corrected chi connectivity index (χ1v) is 35.9. The van der Waals surface area contributed by atoms with E-state index in [-0.39, 0.29) is 82.0 Å². The number of rotatable bonds is 10. The van der Waals surface area contributed by atoms with Gasteiger partial charge in [-0.2, -0.15) is 0 Å². The first kappa shape index (κ1) is 72.7. The van der Waals surface area contributed by atoms with Gasteiger partial charge in [0.05, 0.1) is 25.4 Å². The zero-order valence-corrected chi connectivity index (χ0v) is 58.6. The summed E-state index contributed by atoms with van der Waals surface area (Å²) < 4.78 is 77.6. The first-order valence-electron chi connectivity index (χ1n) is 35.9. The van der Waals surface area contributed by atoms with Gasteiger partial charge in [-0.05, 0) is 220 Å². The summed E-state index contributed by atoms with van der Waals surface area (Å²) in [5, 5.41) is 0. The number of urea groups is 1. The number of nitrogens with zero attached hydrogens (tertiary/aromatic N) is 10. The molecule has 3 spiro atoms. The van der Waals surface area contributed by atoms with Crippen LogP contribution in [-0.4, -0.2) is 234 Å². The second-order valence-corrected chi connectivity index (χ2v) is 28.6. The van der Waals surface area contributed by atoms with Crippen molar-refractivity contribution >= 4 is 53.2 Å². The van der Waals surface area contributed by atoms with Gasteiger partial charge in [-0.25, -0.2) is 36.7 Å². The van der Waals surface area contributed by atoms with Crippen molar-refractivity contribution < 1.29 is 65.3 Å². The summed E-state index contributed by atoms with van der Waals surface area (Å²) in [6.45, 7) is 18.2. The summed E-state index contributed by atoms with van der Waals surface area (Å²) in [7, 11) is 5.08. The lowest BCUT2D eigenvalue weighted by Crippen LogP contribution is -2.53. The molecule has 4 aromatic rings. The lowest BCUT2D eigenvalue weighted by Gasteiger charge is -2.45. The van der Waals surface area contributed by atoms with Crippen LogP contribution in [0, 0.1) is 23.3 Å². The predicted octanol–water partition coefficient (Wildman–Crippen LogP) is 11.4. The van der Waals surface area contributed by atoms with Crippen molar-refractivity contribution in [2.45, 2.75) is 145 Å². The van der Waals surface area contributed by atoms with Crippen LogP contribution in [0.1, 0.15) is 138 Å². The Kier molecular flexibility index (Phi) is 23.5. The van der Waals surface area contributed by atoms with Gasteiger partial charge in [0.25, 0.3) is 5.91 Å². The number of halogens is 4. The van der Waals surface area contributed by atoms with Crippen LogP contribution in [0.5, 0.6) is 0 Å². The van der Waals surface area contributed by atoms with Gasteiger partial charge in [0.15, 0.2) is 0 Å². The number of carbonyl (C=O) groups is 6. The van der Waals surface area contributed by atoms with Gasteiger partial charge < -0.3 is 63.0 Å². The van der Waals surface area contributed by atoms with Gasteiger partial charge in [-0.1, -0.05) is 19.1 Å². The molecule has 6 saturated heterocycles. The molecule has 0 saturated carbocycles. The van der Waals surface area contributed by atoms with Crippen LogP contribution in [0.4, 0.5) is 53.8 Å². The molecule has 9 aliphatic heterocycles. The normalized spacial score (nSPS) is 21.4. The molecule has 6 fully saturated rings. The molecule has 0 radical (unpaired) electrons. The van der Waals surface area contributed by atoms with E-state index in [2.05, 4.69) is 14.7 Å². The topological polar surface area (TPSA) is 172 Å². The third kappa shape index (κ3) is 16.0. The van der Waals surface area contributed by atoms with Crippen LogP contribution in [0.15, 0.2) is 78.9 Å². The Bertz CT molecular complexity index is 3510. The van der Waals surface area contributed by atoms with Crippen molar-refractivity contribution in [3.63, 3.8) is 0 Å². The smallest absolute Gasteiger partial charge is 0.409 e. The molecule has 24 heteroatoms. The van der Waals surface area contributed by atoms with Crippen molar-refractivity contribution in [3.05, 3.63) is 124 Å². The van der Waals surface area contributed by atoms with Gasteiger partial charge in [-0.3, -0.25) is 14.5 Å². The fourth-order valence-electron chi connectivity index (χ4n) is 17.1. The lowest BCUT2D eigenvalue weighted by molar-refractivity contribution is -0.116. The number of benzene rings is 4. The zero-order valence-electron chi connectivity index (χ0n) is 58.6. The number of methoxy groups -OCH3 is 1. The minimum Gasteiger partial charge on any atom is -0.450 e. The SMILES string of the molecule is CCCOC(=O)N1CCCC(N2CCC3(CC2)CN(C(C)=O)c2ccc(F)cc23)CC1.CCOC(=O)N1CCC(N2CCC3(CC2)CN(C(=O)c2ccccc2F)c2ccc(F)cc23)CC1.COCCOC(=O)N1CCC(N2CCC3(CC2)CN(C(=O)N(C)C)c2ccc(F)cc23)CC1. The molecule has 0 aromatic heterocycles. The fourth-order valence-corrected chi connectivity index (χ4v) is 17.1. The molecule has 538 valence electrons. The Balaban J connectivity index is 0.000000150. The highest BCUT2D eigenvalue weighted by Gasteiger charge is 2.51. The third-order valence-electron chi connectivity index (χ3n) is 22.6. The van der Waals surface area contributed by atoms with Crippen LogP contribution in [-0.2, 0) is 40.0 Å². The molecule has 1 atom stereocenters. The highest BCUT2D eigenvalue weighted by atomic mass is 19.1. The number of fused-ring (bicyclic) bond motifs is 6. The lowest BCUT2D eigenvalue weighted by atomic mass is 9.74. The van der Waals surface area contributed by atoms with E-state index in [1.165, 1.54) is 30.3 Å². The molecular formula is C75H100F4N10O10. The van der Waals surface area contributed by atoms with Gasteiger partial charge in [0.2, 0.25) is 5.91 Å². The summed E-state index contributed by atoms with van der Waals surface area (Å²) in [6.07, 6.45) is 12.0. The largest absolute Gasteiger partial charge is 0.450 e. The van der Waals surface area contributed by atoms with Crippen LogP contribution in [0.25, 0.3) is 0 Å². The summed E-state index contributed by atoms with van der Waals surface area (Å²) >= 11 is 0. The number of anilines is 3. The minimum absolute atomic E-state index is 0.0194. The summed E-state index contributed by atoms with van der Waals surface area (Å²) in [4.78, 5) is 94.5. The molecule has 0 bridgehead atoms. The number of likely N-dealkylation sites (tertiary alicyclic amines) is 6. The predicted molar refractivity (Wildman–Crippen MR) is 369 cm³/mol. The second kappa shape index (κ2) is 32.0. The van der Waals surface area contributed by atoms with Crippen LogP contribution in [0.3, 0.4) is 0 Å². The Morgan fingerprint density at radius 2 is 0.869 bits per heavy atom. The number of hydrogen-bond donors (Lipinski definition) is 0. The number of amides is 7. The van der Waals surface area contributed by atoms with Crippen molar-refractivity contribution in [3.8, 4) is 0 Å². The molecule has 9 aliphatic rings. The van der Waals surface area contributed by atoms with E-state index in [1.807, 2.05) is 23.6 Å². The Morgan fingerprint density at radius 3 is 1.29 bits per heavy atom. The first-order chi connectivity index (χ1) is 47.7. The van der Waals surface area contributed by atoms with E-state index < -0.39 is 5.82 Å². The van der Waals surface area contributed by atoms with Crippen molar-refractivity contribution in [2.75, 3.05) is 161 Å². The summed E-state index contributed by atoms with van der Waals surface area (Å²) in [5.41, 5.74) is 4.52. The molecule has 1 unspecified atom stereocenters. The number of carbonyl (C=O) groups excluding carboxylic acids is 6. The van der Waals surface area contributed by atoms with Gasteiger partial charge in [0, 0.05) is 138 Å². The molecular weight excluding hydrogens is 1280 g/mol. The van der Waals surface area contributed by atoms with E-state index in [0.717, 1.165) is 170 Å². The molecule has 9 heterocycles. The molecule has 0 aliphatic carbocycles. The third-order valence-corrected chi connectivity index (χ3v) is 22.6. The molecule has 20 nitrogen and oxygen atoms in total. The number of ether oxygens (including phenoxy) is 4. The second-order valence-electron chi connectivity index (χ2n) is 28.6.